The number of hydrogen-bond acceptors (Lipinski definition) is 10. The second-order valence-electron chi connectivity index (χ2n) is 16.0. The summed E-state index contributed by atoms with van der Waals surface area (Å²) in [6.07, 6.45) is 3.06. The third-order valence-electron chi connectivity index (χ3n) is 12.3. The number of carbonyl (C=O) groups is 3. The lowest BCUT2D eigenvalue weighted by Gasteiger charge is -2.60. The van der Waals surface area contributed by atoms with Crippen molar-refractivity contribution in [3.05, 3.63) is 57.8 Å². The van der Waals surface area contributed by atoms with Crippen molar-refractivity contribution in [2.45, 2.75) is 44.7 Å². The summed E-state index contributed by atoms with van der Waals surface area (Å²) in [6.45, 7) is 9.88. The van der Waals surface area contributed by atoms with Crippen molar-refractivity contribution in [3.8, 4) is 0 Å². The van der Waals surface area contributed by atoms with Crippen molar-refractivity contribution < 1.29 is 14.4 Å². The number of amides is 3. The molecular formula is C39H43N9O4S. The molecule has 5 aromatic rings. The quantitative estimate of drug-likeness (QED) is 0.231. The molecule has 0 bridgehead atoms. The molecule has 3 amide bonds. The second-order valence-corrected chi connectivity index (χ2v) is 17.1. The average molecular weight is 734 g/mol. The largest absolute Gasteiger partial charge is 0.381 e. The van der Waals surface area contributed by atoms with Gasteiger partial charge in [-0.3, -0.25) is 33.7 Å². The predicted molar refractivity (Wildman–Crippen MR) is 207 cm³/mol. The molecule has 5 aliphatic rings. The van der Waals surface area contributed by atoms with Gasteiger partial charge in [0.2, 0.25) is 11.8 Å². The van der Waals surface area contributed by atoms with Crippen LogP contribution in [0.4, 0.5) is 17.2 Å². The van der Waals surface area contributed by atoms with Crippen LogP contribution < -0.4 is 31.4 Å². The SMILES string of the molecule is C[C@@H]1CNc2c(sc3ccc4nc(N5CCN(CC6CC7(C6)CN(c6ccc8c(c6)n(C)c(=O)n8C6CCC(=O)NC6=O)C7)CC5)ccc4c23)C(=O)N1. The number of piperidine rings is 1. The van der Waals surface area contributed by atoms with Gasteiger partial charge in [0.1, 0.15) is 16.7 Å². The molecule has 4 aliphatic heterocycles. The van der Waals surface area contributed by atoms with Crippen LogP contribution in [-0.4, -0.2) is 95.1 Å². The number of anilines is 3. The Morgan fingerprint density at radius 2 is 1.75 bits per heavy atom. The first-order valence-corrected chi connectivity index (χ1v) is 19.6. The maximum Gasteiger partial charge on any atom is 0.329 e. The number of thiophene rings is 1. The smallest absolute Gasteiger partial charge is 0.329 e. The van der Waals surface area contributed by atoms with Crippen LogP contribution in [0.5, 0.6) is 0 Å². The number of rotatable bonds is 5. The average Bonchev–Trinajstić information content (AvgIpc) is 3.57. The zero-order valence-corrected chi connectivity index (χ0v) is 30.8. The molecule has 0 radical (unpaired) electrons. The van der Waals surface area contributed by atoms with Crippen LogP contribution in [-0.2, 0) is 16.6 Å². The Balaban J connectivity index is 0.746. The highest BCUT2D eigenvalue weighted by atomic mass is 32.1. The fourth-order valence-corrected chi connectivity index (χ4v) is 10.8. The molecule has 4 fully saturated rings. The molecule has 2 atom stereocenters. The lowest BCUT2D eigenvalue weighted by Crippen LogP contribution is -2.64. The number of fused-ring (bicyclic) bond motifs is 6. The van der Waals surface area contributed by atoms with Gasteiger partial charge in [0.15, 0.2) is 0 Å². The van der Waals surface area contributed by atoms with Crippen molar-refractivity contribution >= 4 is 78.3 Å². The molecule has 10 rings (SSSR count). The maximum absolute atomic E-state index is 13.2. The molecule has 53 heavy (non-hydrogen) atoms. The number of imide groups is 1. The van der Waals surface area contributed by atoms with E-state index in [2.05, 4.69) is 67.0 Å². The van der Waals surface area contributed by atoms with Gasteiger partial charge >= 0.3 is 5.69 Å². The lowest BCUT2D eigenvalue weighted by molar-refractivity contribution is -0.135. The molecule has 3 aromatic heterocycles. The monoisotopic (exact) mass is 733 g/mol. The Hall–Kier alpha value is -4.95. The number of aromatic nitrogens is 3. The summed E-state index contributed by atoms with van der Waals surface area (Å²) in [6, 6.07) is 14.0. The van der Waals surface area contributed by atoms with Gasteiger partial charge in [-0.15, -0.1) is 11.3 Å². The van der Waals surface area contributed by atoms with Crippen LogP contribution in [0.25, 0.3) is 32.0 Å². The van der Waals surface area contributed by atoms with Crippen LogP contribution in [0, 0.1) is 11.3 Å². The van der Waals surface area contributed by atoms with Gasteiger partial charge in [-0.25, -0.2) is 9.78 Å². The highest BCUT2D eigenvalue weighted by molar-refractivity contribution is 7.21. The first-order chi connectivity index (χ1) is 25.6. The first kappa shape index (κ1) is 32.7. The maximum atomic E-state index is 13.2. The molecular weight excluding hydrogens is 691 g/mol. The van der Waals surface area contributed by atoms with Gasteiger partial charge in [0, 0.05) is 98.4 Å². The highest BCUT2D eigenvalue weighted by Crippen LogP contribution is 2.53. The van der Waals surface area contributed by atoms with Crippen molar-refractivity contribution in [3.63, 3.8) is 0 Å². The Bertz CT molecular complexity index is 2410. The summed E-state index contributed by atoms with van der Waals surface area (Å²) < 4.78 is 4.26. The van der Waals surface area contributed by atoms with E-state index in [1.807, 2.05) is 13.0 Å². The summed E-state index contributed by atoms with van der Waals surface area (Å²) in [5, 5.41) is 11.2. The molecule has 7 heterocycles. The van der Waals surface area contributed by atoms with E-state index in [4.69, 9.17) is 4.98 Å². The summed E-state index contributed by atoms with van der Waals surface area (Å²) in [5.74, 6) is 1.03. The standard InChI is InChI=1S/C39H43N9O4S/c1-22-18-40-34-33-25-4-9-31(42-26(25)5-8-30(33)53-35(34)37(51)41-22)46-13-11-45(12-14-46)19-23-16-39(17-23)20-47(21-39)24-3-6-27-29(15-24)44(2)38(52)48(27)28-7-10-32(49)43-36(28)50/h3-6,8-9,15,22-23,28,40H,7,10-14,16-21H2,1-2H3,(H,41,51)(H,43,49,50)/t22-,28?/m1/s1. The van der Waals surface area contributed by atoms with E-state index in [9.17, 15) is 19.2 Å². The van der Waals surface area contributed by atoms with E-state index >= 15 is 0 Å². The number of nitrogens with zero attached hydrogens (tertiary/aromatic N) is 6. The number of nitrogens with one attached hydrogen (secondary N) is 3. The van der Waals surface area contributed by atoms with Gasteiger partial charge in [0.25, 0.3) is 5.91 Å². The molecule has 13 nitrogen and oxygen atoms in total. The Morgan fingerprint density at radius 1 is 0.943 bits per heavy atom. The highest BCUT2D eigenvalue weighted by Gasteiger charge is 2.52. The minimum absolute atomic E-state index is 0.00773. The van der Waals surface area contributed by atoms with E-state index < -0.39 is 11.9 Å². The molecule has 3 N–H and O–H groups in total. The fourth-order valence-electron chi connectivity index (χ4n) is 9.69. The molecule has 14 heteroatoms. The summed E-state index contributed by atoms with van der Waals surface area (Å²) in [5.41, 5.74) is 4.67. The van der Waals surface area contributed by atoms with E-state index in [1.54, 1.807) is 27.5 Å². The number of piperazine rings is 1. The van der Waals surface area contributed by atoms with Crippen molar-refractivity contribution in [2.75, 3.05) is 67.5 Å². The van der Waals surface area contributed by atoms with Gasteiger partial charge in [-0.2, -0.15) is 0 Å². The first-order valence-electron chi connectivity index (χ1n) is 18.8. The van der Waals surface area contributed by atoms with E-state index in [1.165, 1.54) is 12.8 Å². The van der Waals surface area contributed by atoms with Crippen LogP contribution in [0.1, 0.15) is 48.3 Å². The van der Waals surface area contributed by atoms with E-state index in [0.717, 1.165) is 106 Å². The second kappa shape index (κ2) is 12.0. The topological polar surface area (TPSA) is 137 Å². The van der Waals surface area contributed by atoms with Gasteiger partial charge in [-0.1, -0.05) is 0 Å². The van der Waals surface area contributed by atoms with Crippen LogP contribution in [0.3, 0.4) is 0 Å². The predicted octanol–water partition coefficient (Wildman–Crippen LogP) is 3.66. The molecule has 1 spiro atoms. The van der Waals surface area contributed by atoms with Gasteiger partial charge < -0.3 is 20.4 Å². The summed E-state index contributed by atoms with van der Waals surface area (Å²) in [7, 11) is 1.75. The molecule has 2 aromatic carbocycles. The van der Waals surface area contributed by atoms with Crippen LogP contribution in [0.2, 0.25) is 0 Å². The fraction of sp³-hybridized carbons (Fsp3) is 0.462. The Kier molecular flexibility index (Phi) is 7.42. The van der Waals surface area contributed by atoms with Gasteiger partial charge in [-0.05, 0) is 74.6 Å². The van der Waals surface area contributed by atoms with Crippen molar-refractivity contribution in [1.82, 2.24) is 29.7 Å². The normalized spacial score (nSPS) is 23.5. The number of benzene rings is 2. The Labute approximate surface area is 309 Å². The minimum atomic E-state index is -0.671. The summed E-state index contributed by atoms with van der Waals surface area (Å²) in [4.78, 5) is 63.6. The Morgan fingerprint density at radius 3 is 2.55 bits per heavy atom. The lowest BCUT2D eigenvalue weighted by atomic mass is 9.57. The van der Waals surface area contributed by atoms with Crippen molar-refractivity contribution in [2.24, 2.45) is 18.4 Å². The summed E-state index contributed by atoms with van der Waals surface area (Å²) >= 11 is 1.54. The number of hydrogen-bond donors (Lipinski definition) is 3. The van der Waals surface area contributed by atoms with Crippen LogP contribution >= 0.6 is 11.3 Å². The third-order valence-corrected chi connectivity index (χ3v) is 13.5. The number of imidazole rings is 1. The molecule has 274 valence electrons. The molecule has 1 aliphatic carbocycles. The number of pyridine rings is 1. The molecule has 1 unspecified atom stereocenters. The minimum Gasteiger partial charge on any atom is -0.381 e. The van der Waals surface area contributed by atoms with Gasteiger partial charge in [0.05, 0.1) is 22.2 Å². The molecule has 1 saturated carbocycles. The number of carbonyl (C=O) groups excluding carboxylic acids is 3. The van der Waals surface area contributed by atoms with Crippen LogP contribution in [0.15, 0.2) is 47.3 Å². The third kappa shape index (κ3) is 5.31. The zero-order chi connectivity index (χ0) is 36.2. The number of aryl methyl sites for hydroxylation is 1. The zero-order valence-electron chi connectivity index (χ0n) is 30.0. The van der Waals surface area contributed by atoms with Crippen molar-refractivity contribution in [1.29, 1.82) is 0 Å². The molecule has 3 saturated heterocycles. The van der Waals surface area contributed by atoms with E-state index in [0.29, 0.717) is 18.4 Å². The van der Waals surface area contributed by atoms with E-state index in [-0.39, 0.29) is 30.0 Å².